The highest BCUT2D eigenvalue weighted by Crippen LogP contribution is 2.31. The quantitative estimate of drug-likeness (QED) is 0.767. The Labute approximate surface area is 133 Å². The summed E-state index contributed by atoms with van der Waals surface area (Å²) >= 11 is 0. The van der Waals surface area contributed by atoms with Gasteiger partial charge in [0.15, 0.2) is 11.5 Å². The maximum atomic E-state index is 4.49. The highest BCUT2D eigenvalue weighted by Gasteiger charge is 2.29. The molecule has 118 valence electrons. The first kappa shape index (κ1) is 13.0. The van der Waals surface area contributed by atoms with Crippen LogP contribution < -0.4 is 4.90 Å². The second kappa shape index (κ2) is 5.00. The average molecular weight is 310 g/mol. The van der Waals surface area contributed by atoms with Gasteiger partial charge in [0.25, 0.3) is 0 Å². The minimum atomic E-state index is 0.413. The molecule has 23 heavy (non-hydrogen) atoms. The van der Waals surface area contributed by atoms with E-state index >= 15 is 0 Å². The molecule has 0 amide bonds. The van der Waals surface area contributed by atoms with Crippen molar-refractivity contribution in [2.45, 2.75) is 38.1 Å². The Morgan fingerprint density at radius 3 is 3.09 bits per heavy atom. The molecular weight excluding hydrogens is 292 g/mol. The minimum absolute atomic E-state index is 0.413. The number of imidazole rings is 1. The highest BCUT2D eigenvalue weighted by molar-refractivity contribution is 5.82. The Balaban J connectivity index is 1.48. The zero-order valence-electron chi connectivity index (χ0n) is 12.8. The van der Waals surface area contributed by atoms with Crippen LogP contribution in [0, 0.1) is 0 Å². The molecule has 1 saturated heterocycles. The van der Waals surface area contributed by atoms with Gasteiger partial charge in [-0.2, -0.15) is 0 Å². The summed E-state index contributed by atoms with van der Waals surface area (Å²) in [7, 11) is 0. The van der Waals surface area contributed by atoms with Crippen molar-refractivity contribution in [3.05, 3.63) is 24.3 Å². The van der Waals surface area contributed by atoms with Crippen LogP contribution >= 0.6 is 0 Å². The standard InChI is InChI=1S/C15H18N8/c1-3-10(14-21-20-11-4-2-6-23(11)14)7-22(5-1)15-12-13(17-8-16-12)18-9-19-15/h8-10H,1-7H2,(H,16,17,18,19). The van der Waals surface area contributed by atoms with Crippen molar-refractivity contribution in [2.24, 2.45) is 0 Å². The number of fused-ring (bicyclic) bond motifs is 2. The van der Waals surface area contributed by atoms with Crippen molar-refractivity contribution >= 4 is 17.0 Å². The van der Waals surface area contributed by atoms with Crippen molar-refractivity contribution in [3.63, 3.8) is 0 Å². The normalized spacial score (nSPS) is 21.0. The van der Waals surface area contributed by atoms with Gasteiger partial charge in [0.05, 0.1) is 6.33 Å². The van der Waals surface area contributed by atoms with E-state index in [4.69, 9.17) is 0 Å². The largest absolute Gasteiger partial charge is 0.354 e. The van der Waals surface area contributed by atoms with Gasteiger partial charge in [0.2, 0.25) is 0 Å². The van der Waals surface area contributed by atoms with E-state index in [0.29, 0.717) is 5.92 Å². The fourth-order valence-corrected chi connectivity index (χ4v) is 3.85. The van der Waals surface area contributed by atoms with E-state index in [1.54, 1.807) is 12.7 Å². The number of hydrogen-bond acceptors (Lipinski definition) is 6. The first-order valence-electron chi connectivity index (χ1n) is 8.21. The third kappa shape index (κ3) is 2.01. The summed E-state index contributed by atoms with van der Waals surface area (Å²) < 4.78 is 2.32. The number of hydrogen-bond donors (Lipinski definition) is 1. The fraction of sp³-hybridized carbons (Fsp3) is 0.533. The molecule has 1 atom stereocenters. The number of aromatic amines is 1. The van der Waals surface area contributed by atoms with E-state index in [1.165, 1.54) is 6.42 Å². The van der Waals surface area contributed by atoms with Gasteiger partial charge in [-0.05, 0) is 19.3 Å². The molecule has 1 N–H and O–H groups in total. The van der Waals surface area contributed by atoms with Crippen LogP contribution in [0.25, 0.3) is 11.2 Å². The molecule has 8 heteroatoms. The minimum Gasteiger partial charge on any atom is -0.354 e. The van der Waals surface area contributed by atoms with Crippen molar-refractivity contribution < 1.29 is 0 Å². The van der Waals surface area contributed by atoms with E-state index in [0.717, 1.165) is 67.5 Å². The van der Waals surface area contributed by atoms with Gasteiger partial charge in [0.1, 0.15) is 23.5 Å². The summed E-state index contributed by atoms with van der Waals surface area (Å²) in [5.41, 5.74) is 1.64. The zero-order chi connectivity index (χ0) is 15.2. The van der Waals surface area contributed by atoms with Crippen molar-refractivity contribution in [2.75, 3.05) is 18.0 Å². The van der Waals surface area contributed by atoms with Crippen LogP contribution in [0.3, 0.4) is 0 Å². The molecular formula is C15H18N8. The summed E-state index contributed by atoms with van der Waals surface area (Å²) in [6, 6.07) is 0. The molecule has 8 nitrogen and oxygen atoms in total. The van der Waals surface area contributed by atoms with E-state index in [1.807, 2.05) is 0 Å². The molecule has 1 unspecified atom stereocenters. The lowest BCUT2D eigenvalue weighted by Crippen LogP contribution is -2.36. The first-order valence-corrected chi connectivity index (χ1v) is 8.21. The van der Waals surface area contributed by atoms with Gasteiger partial charge in [-0.1, -0.05) is 0 Å². The molecule has 5 heterocycles. The second-order valence-corrected chi connectivity index (χ2v) is 6.31. The molecule has 0 aromatic carbocycles. The van der Waals surface area contributed by atoms with Crippen LogP contribution in [0.5, 0.6) is 0 Å². The molecule has 2 aliphatic rings. The van der Waals surface area contributed by atoms with E-state index in [9.17, 15) is 0 Å². The summed E-state index contributed by atoms with van der Waals surface area (Å²) in [5.74, 6) is 3.65. The average Bonchev–Trinajstić information content (AvgIpc) is 3.30. The van der Waals surface area contributed by atoms with Crippen molar-refractivity contribution in [1.82, 2.24) is 34.7 Å². The number of nitrogens with one attached hydrogen (secondary N) is 1. The van der Waals surface area contributed by atoms with Gasteiger partial charge >= 0.3 is 0 Å². The van der Waals surface area contributed by atoms with Crippen LogP contribution in [0.4, 0.5) is 5.82 Å². The van der Waals surface area contributed by atoms with Gasteiger partial charge in [0, 0.05) is 32.0 Å². The molecule has 0 saturated carbocycles. The highest BCUT2D eigenvalue weighted by atomic mass is 15.3. The third-order valence-corrected chi connectivity index (χ3v) is 4.93. The molecule has 0 radical (unpaired) electrons. The molecule has 3 aromatic heterocycles. The molecule has 0 aliphatic carbocycles. The Morgan fingerprint density at radius 1 is 1.09 bits per heavy atom. The monoisotopic (exact) mass is 310 g/mol. The Hall–Kier alpha value is -2.51. The topological polar surface area (TPSA) is 88.4 Å². The van der Waals surface area contributed by atoms with E-state index in [-0.39, 0.29) is 0 Å². The van der Waals surface area contributed by atoms with Gasteiger partial charge in [-0.15, -0.1) is 10.2 Å². The van der Waals surface area contributed by atoms with Crippen LogP contribution in [0.1, 0.15) is 36.8 Å². The maximum Gasteiger partial charge on any atom is 0.182 e. The number of aryl methyl sites for hydroxylation is 1. The number of anilines is 1. The molecule has 3 aromatic rings. The summed E-state index contributed by atoms with van der Waals surface area (Å²) in [6.45, 7) is 2.98. The lowest BCUT2D eigenvalue weighted by molar-refractivity contribution is 0.471. The van der Waals surface area contributed by atoms with Crippen LogP contribution in [-0.4, -0.2) is 47.8 Å². The van der Waals surface area contributed by atoms with Gasteiger partial charge in [-0.25, -0.2) is 15.0 Å². The number of aromatic nitrogens is 7. The molecule has 5 rings (SSSR count). The third-order valence-electron chi connectivity index (χ3n) is 4.93. The molecule has 2 aliphatic heterocycles. The first-order chi connectivity index (χ1) is 11.4. The lowest BCUT2D eigenvalue weighted by atomic mass is 9.97. The predicted molar refractivity (Wildman–Crippen MR) is 84.2 cm³/mol. The molecule has 0 bridgehead atoms. The molecule has 1 fully saturated rings. The number of piperidine rings is 1. The fourth-order valence-electron chi connectivity index (χ4n) is 3.85. The SMILES string of the molecule is c1nc(N2CCCC(c3nnc4n3CCC4)C2)c2[nH]cnc2n1. The van der Waals surface area contributed by atoms with Crippen LogP contribution in [-0.2, 0) is 13.0 Å². The number of H-pyrrole nitrogens is 1. The molecule has 0 spiro atoms. The van der Waals surface area contributed by atoms with Crippen molar-refractivity contribution in [3.8, 4) is 0 Å². The Kier molecular flexibility index (Phi) is 2.82. The van der Waals surface area contributed by atoms with Crippen molar-refractivity contribution in [1.29, 1.82) is 0 Å². The maximum absolute atomic E-state index is 4.49. The summed E-state index contributed by atoms with van der Waals surface area (Å²) in [6.07, 6.45) is 7.81. The summed E-state index contributed by atoms with van der Waals surface area (Å²) in [5, 5.41) is 8.84. The predicted octanol–water partition coefficient (Wildman–Crippen LogP) is 1.27. The zero-order valence-corrected chi connectivity index (χ0v) is 12.8. The summed E-state index contributed by atoms with van der Waals surface area (Å²) in [4.78, 5) is 18.4. The van der Waals surface area contributed by atoms with Gasteiger partial charge in [-0.3, -0.25) is 0 Å². The smallest absolute Gasteiger partial charge is 0.182 e. The Morgan fingerprint density at radius 2 is 2.09 bits per heavy atom. The second-order valence-electron chi connectivity index (χ2n) is 6.31. The Bertz CT molecular complexity index is 850. The lowest BCUT2D eigenvalue weighted by Gasteiger charge is -2.33. The number of nitrogens with zero attached hydrogens (tertiary/aromatic N) is 7. The van der Waals surface area contributed by atoms with E-state index < -0.39 is 0 Å². The van der Waals surface area contributed by atoms with Crippen LogP contribution in [0.2, 0.25) is 0 Å². The van der Waals surface area contributed by atoms with Gasteiger partial charge < -0.3 is 14.5 Å². The van der Waals surface area contributed by atoms with E-state index in [2.05, 4.69) is 39.6 Å². The number of rotatable bonds is 2. The van der Waals surface area contributed by atoms with Crippen LogP contribution in [0.15, 0.2) is 12.7 Å².